The molecule has 5 rings (SSSR count). The van der Waals surface area contributed by atoms with Gasteiger partial charge in [0.25, 0.3) is 5.91 Å². The third kappa shape index (κ3) is 3.54. The highest BCUT2D eigenvalue weighted by Crippen LogP contribution is 2.38. The fourth-order valence-electron chi connectivity index (χ4n) is 4.82. The minimum Gasteiger partial charge on any atom is -0.396 e. The van der Waals surface area contributed by atoms with Gasteiger partial charge in [-0.2, -0.15) is 5.10 Å². The van der Waals surface area contributed by atoms with Crippen molar-refractivity contribution in [3.05, 3.63) is 65.5 Å². The van der Waals surface area contributed by atoms with Crippen LogP contribution in [0.2, 0.25) is 0 Å². The van der Waals surface area contributed by atoms with Crippen molar-refractivity contribution in [1.29, 1.82) is 0 Å². The molecule has 2 aliphatic rings. The number of amides is 1. The number of carbonyl (C=O) groups excluding carboxylic acids is 1. The van der Waals surface area contributed by atoms with Crippen molar-refractivity contribution in [2.75, 3.05) is 31.1 Å². The van der Waals surface area contributed by atoms with Crippen molar-refractivity contribution in [2.24, 2.45) is 5.92 Å². The Bertz CT molecular complexity index is 1130. The van der Waals surface area contributed by atoms with Crippen LogP contribution in [0.4, 0.5) is 14.5 Å². The summed E-state index contributed by atoms with van der Waals surface area (Å²) in [6, 6.07) is 7.11. The van der Waals surface area contributed by atoms with Gasteiger partial charge in [0.05, 0.1) is 23.3 Å². The lowest BCUT2D eigenvalue weighted by Gasteiger charge is -2.27. The average Bonchev–Trinajstić information content (AvgIpc) is 3.53. The number of anilines is 1. The molecule has 1 unspecified atom stereocenters. The van der Waals surface area contributed by atoms with E-state index < -0.39 is 11.6 Å². The predicted molar refractivity (Wildman–Crippen MR) is 112 cm³/mol. The van der Waals surface area contributed by atoms with Gasteiger partial charge < -0.3 is 14.9 Å². The first-order chi connectivity index (χ1) is 15.0. The largest absolute Gasteiger partial charge is 0.396 e. The molecule has 162 valence electrons. The molecule has 2 aromatic heterocycles. The number of benzene rings is 1. The Morgan fingerprint density at radius 1 is 1.16 bits per heavy atom. The van der Waals surface area contributed by atoms with Gasteiger partial charge in [0.15, 0.2) is 0 Å². The second-order valence-corrected chi connectivity index (χ2v) is 8.38. The highest BCUT2D eigenvalue weighted by Gasteiger charge is 2.31. The number of carbonyl (C=O) groups is 1. The lowest BCUT2D eigenvalue weighted by molar-refractivity contribution is 0.0783. The molecule has 8 heteroatoms. The minimum absolute atomic E-state index is 0.0790. The highest BCUT2D eigenvalue weighted by atomic mass is 19.1. The minimum atomic E-state index is -0.450. The number of halogens is 2. The Hall–Kier alpha value is -3.00. The quantitative estimate of drug-likeness (QED) is 0.695. The van der Waals surface area contributed by atoms with Crippen LogP contribution < -0.4 is 4.90 Å². The van der Waals surface area contributed by atoms with Gasteiger partial charge in [0.1, 0.15) is 11.6 Å². The van der Waals surface area contributed by atoms with E-state index in [-0.39, 0.29) is 24.5 Å². The zero-order valence-corrected chi connectivity index (χ0v) is 17.0. The van der Waals surface area contributed by atoms with Crippen LogP contribution in [0.5, 0.6) is 0 Å². The molecule has 1 aromatic carbocycles. The summed E-state index contributed by atoms with van der Waals surface area (Å²) in [7, 11) is 0. The van der Waals surface area contributed by atoms with Gasteiger partial charge in [-0.3, -0.25) is 4.79 Å². The molecule has 31 heavy (non-hydrogen) atoms. The zero-order chi connectivity index (χ0) is 21.5. The molecule has 0 spiro atoms. The first-order valence-corrected chi connectivity index (χ1v) is 10.6. The summed E-state index contributed by atoms with van der Waals surface area (Å²) in [4.78, 5) is 16.9. The highest BCUT2D eigenvalue weighted by molar-refractivity contribution is 6.01. The smallest absolute Gasteiger partial charge is 0.257 e. The lowest BCUT2D eigenvalue weighted by Crippen LogP contribution is -2.29. The Kier molecular flexibility index (Phi) is 5.09. The molecule has 2 saturated heterocycles. The Labute approximate surface area is 178 Å². The van der Waals surface area contributed by atoms with Crippen LogP contribution in [0.15, 0.2) is 42.7 Å². The fourth-order valence-corrected chi connectivity index (χ4v) is 4.82. The third-order valence-corrected chi connectivity index (χ3v) is 6.47. The molecule has 2 atom stereocenters. The van der Waals surface area contributed by atoms with Crippen LogP contribution in [0.25, 0.3) is 5.52 Å². The SMILES string of the molecule is O=C(c1cnn2ccc(N3CCC[C@@H]3c3cc(F)ccc3F)cc12)N1CCC(CO)C1. The van der Waals surface area contributed by atoms with Crippen LogP contribution in [-0.2, 0) is 0 Å². The van der Waals surface area contributed by atoms with Gasteiger partial charge in [-0.25, -0.2) is 13.3 Å². The third-order valence-electron chi connectivity index (χ3n) is 6.47. The maximum Gasteiger partial charge on any atom is 0.257 e. The van der Waals surface area contributed by atoms with Crippen LogP contribution in [0.3, 0.4) is 0 Å². The predicted octanol–water partition coefficient (Wildman–Crippen LogP) is 3.41. The summed E-state index contributed by atoms with van der Waals surface area (Å²) in [5, 5.41) is 13.7. The average molecular weight is 426 g/mol. The number of pyridine rings is 1. The maximum atomic E-state index is 14.4. The van der Waals surface area contributed by atoms with Gasteiger partial charge in [0, 0.05) is 49.6 Å². The topological polar surface area (TPSA) is 61.1 Å². The van der Waals surface area contributed by atoms with E-state index in [1.54, 1.807) is 21.8 Å². The normalized spacial score (nSPS) is 21.4. The molecule has 2 aliphatic heterocycles. The Morgan fingerprint density at radius 3 is 2.84 bits per heavy atom. The molecule has 4 heterocycles. The Morgan fingerprint density at radius 2 is 2.03 bits per heavy atom. The van der Waals surface area contributed by atoms with Crippen molar-refractivity contribution in [1.82, 2.24) is 14.5 Å². The molecule has 6 nitrogen and oxygen atoms in total. The zero-order valence-electron chi connectivity index (χ0n) is 17.0. The first-order valence-electron chi connectivity index (χ1n) is 10.6. The molecular weight excluding hydrogens is 402 g/mol. The number of fused-ring (bicyclic) bond motifs is 1. The monoisotopic (exact) mass is 426 g/mol. The number of aliphatic hydroxyl groups excluding tert-OH is 1. The number of nitrogens with zero attached hydrogens (tertiary/aromatic N) is 4. The molecular formula is C23H24F2N4O2. The molecule has 1 N–H and O–H groups in total. The van der Waals surface area contributed by atoms with Crippen molar-refractivity contribution >= 4 is 17.1 Å². The van der Waals surface area contributed by atoms with Crippen LogP contribution >= 0.6 is 0 Å². The molecule has 2 fully saturated rings. The number of hydrogen-bond donors (Lipinski definition) is 1. The van der Waals surface area contributed by atoms with Gasteiger partial charge in [-0.05, 0) is 49.6 Å². The van der Waals surface area contributed by atoms with Gasteiger partial charge in [-0.15, -0.1) is 0 Å². The van der Waals surface area contributed by atoms with E-state index >= 15 is 0 Å². The first kappa shape index (κ1) is 19.9. The van der Waals surface area contributed by atoms with E-state index in [1.165, 1.54) is 12.1 Å². The summed E-state index contributed by atoms with van der Waals surface area (Å²) < 4.78 is 29.9. The van der Waals surface area contributed by atoms with E-state index in [0.717, 1.165) is 37.6 Å². The molecule has 3 aromatic rings. The van der Waals surface area contributed by atoms with Crippen LogP contribution in [-0.4, -0.2) is 51.8 Å². The van der Waals surface area contributed by atoms with Gasteiger partial charge >= 0.3 is 0 Å². The number of aromatic nitrogens is 2. The fraction of sp³-hybridized carbons (Fsp3) is 0.391. The van der Waals surface area contributed by atoms with Gasteiger partial charge in [0.2, 0.25) is 0 Å². The molecule has 0 bridgehead atoms. The second-order valence-electron chi connectivity index (χ2n) is 8.38. The standard InChI is InChI=1S/C23H24F2N4O2/c24-16-3-4-20(25)18(10-16)21-2-1-7-28(21)17-6-9-29-22(11-17)19(12-26-29)23(31)27-8-5-15(13-27)14-30/h3-4,6,9-12,15,21,30H,1-2,5,7-8,13-14H2/t15?,21-/m1/s1. The van der Waals surface area contributed by atoms with Crippen LogP contribution in [0, 0.1) is 17.6 Å². The molecule has 0 radical (unpaired) electrons. The summed E-state index contributed by atoms with van der Waals surface area (Å²) in [6.07, 6.45) is 5.75. The Balaban J connectivity index is 1.47. The number of aliphatic hydroxyl groups is 1. The van der Waals surface area contributed by atoms with Crippen molar-refractivity contribution < 1.29 is 18.7 Å². The number of hydrogen-bond acceptors (Lipinski definition) is 4. The summed E-state index contributed by atoms with van der Waals surface area (Å²) >= 11 is 0. The molecule has 0 saturated carbocycles. The second kappa shape index (κ2) is 7.92. The summed E-state index contributed by atoms with van der Waals surface area (Å²) in [6.45, 7) is 1.96. The summed E-state index contributed by atoms with van der Waals surface area (Å²) in [5.41, 5.74) is 2.39. The van der Waals surface area contributed by atoms with Gasteiger partial charge in [-0.1, -0.05) is 0 Å². The molecule has 0 aliphatic carbocycles. The van der Waals surface area contributed by atoms with Crippen LogP contribution in [0.1, 0.15) is 41.2 Å². The van der Waals surface area contributed by atoms with E-state index in [0.29, 0.717) is 29.7 Å². The lowest BCUT2D eigenvalue weighted by atomic mass is 10.0. The van der Waals surface area contributed by atoms with Crippen molar-refractivity contribution in [2.45, 2.75) is 25.3 Å². The molecule has 1 amide bonds. The van der Waals surface area contributed by atoms with E-state index in [9.17, 15) is 18.7 Å². The summed E-state index contributed by atoms with van der Waals surface area (Å²) in [5.74, 6) is -0.841. The van der Waals surface area contributed by atoms with E-state index in [2.05, 4.69) is 10.00 Å². The van der Waals surface area contributed by atoms with E-state index in [1.807, 2.05) is 12.1 Å². The maximum absolute atomic E-state index is 14.4. The van der Waals surface area contributed by atoms with E-state index in [4.69, 9.17) is 0 Å². The number of likely N-dealkylation sites (tertiary alicyclic amines) is 1. The number of rotatable bonds is 4. The van der Waals surface area contributed by atoms with Crippen molar-refractivity contribution in [3.63, 3.8) is 0 Å². The van der Waals surface area contributed by atoms with Crippen molar-refractivity contribution in [3.8, 4) is 0 Å².